The maximum atomic E-state index is 12.1. The SMILES string of the molecule is CCCCS(=O)(=O)NC1C(=O)N2C1SC(C)(C)C2C(=O)O. The van der Waals surface area contributed by atoms with Gasteiger partial charge in [-0.05, 0) is 20.3 Å². The molecule has 2 aliphatic rings. The van der Waals surface area contributed by atoms with E-state index >= 15 is 0 Å². The van der Waals surface area contributed by atoms with Gasteiger partial charge in [0.1, 0.15) is 17.5 Å². The summed E-state index contributed by atoms with van der Waals surface area (Å²) in [6, 6.07) is -1.77. The zero-order chi connectivity index (χ0) is 16.0. The van der Waals surface area contributed by atoms with Gasteiger partial charge in [-0.1, -0.05) is 13.3 Å². The Morgan fingerprint density at radius 1 is 1.48 bits per heavy atom. The van der Waals surface area contributed by atoms with Gasteiger partial charge >= 0.3 is 5.97 Å². The predicted octanol–water partition coefficient (Wildman–Crippen LogP) is 0.221. The molecular formula is C12H20N2O5S2. The fourth-order valence-electron chi connectivity index (χ4n) is 2.71. The van der Waals surface area contributed by atoms with Crippen LogP contribution < -0.4 is 4.72 Å². The molecule has 2 saturated heterocycles. The van der Waals surface area contributed by atoms with Crippen LogP contribution in [0, 0.1) is 0 Å². The molecule has 9 heteroatoms. The minimum Gasteiger partial charge on any atom is -0.480 e. The molecule has 3 unspecified atom stereocenters. The minimum atomic E-state index is -3.51. The van der Waals surface area contributed by atoms with E-state index in [1.807, 2.05) is 6.92 Å². The summed E-state index contributed by atoms with van der Waals surface area (Å²) in [6.45, 7) is 5.40. The number of amides is 1. The summed E-state index contributed by atoms with van der Waals surface area (Å²) in [5.41, 5.74) is 0. The van der Waals surface area contributed by atoms with Crippen molar-refractivity contribution in [3.8, 4) is 0 Å². The number of aliphatic carboxylic acids is 1. The fraction of sp³-hybridized carbons (Fsp3) is 0.833. The molecule has 2 rings (SSSR count). The number of hydrogen-bond acceptors (Lipinski definition) is 5. The van der Waals surface area contributed by atoms with E-state index in [0.717, 1.165) is 6.42 Å². The van der Waals surface area contributed by atoms with E-state index in [4.69, 9.17) is 0 Å². The highest BCUT2D eigenvalue weighted by Crippen LogP contribution is 2.50. The van der Waals surface area contributed by atoms with Crippen LogP contribution in [0.2, 0.25) is 0 Å². The predicted molar refractivity (Wildman–Crippen MR) is 79.3 cm³/mol. The van der Waals surface area contributed by atoms with E-state index in [2.05, 4.69) is 4.72 Å². The van der Waals surface area contributed by atoms with Gasteiger partial charge in [-0.25, -0.2) is 13.2 Å². The number of carboxylic acids is 1. The average Bonchev–Trinajstić information content (AvgIpc) is 2.63. The smallest absolute Gasteiger partial charge is 0.327 e. The van der Waals surface area contributed by atoms with Gasteiger partial charge in [-0.3, -0.25) is 4.79 Å². The van der Waals surface area contributed by atoms with E-state index in [1.165, 1.54) is 16.7 Å². The molecule has 0 aromatic heterocycles. The number of β-lactam (4-membered cyclic amide) rings is 1. The normalized spacial score (nSPS) is 30.9. The Bertz CT molecular complexity index is 560. The van der Waals surface area contributed by atoms with Crippen LogP contribution in [0.4, 0.5) is 0 Å². The Labute approximate surface area is 128 Å². The van der Waals surface area contributed by atoms with Crippen LogP contribution >= 0.6 is 11.8 Å². The number of nitrogens with zero attached hydrogens (tertiary/aromatic N) is 1. The molecule has 7 nitrogen and oxygen atoms in total. The number of rotatable bonds is 6. The van der Waals surface area contributed by atoms with Crippen LogP contribution in [0.25, 0.3) is 0 Å². The lowest BCUT2D eigenvalue weighted by Crippen LogP contribution is -2.70. The molecule has 0 aromatic carbocycles. The van der Waals surface area contributed by atoms with E-state index < -0.39 is 44.1 Å². The molecule has 0 radical (unpaired) electrons. The molecular weight excluding hydrogens is 316 g/mol. The van der Waals surface area contributed by atoms with Crippen molar-refractivity contribution < 1.29 is 23.1 Å². The number of fused-ring (bicyclic) bond motifs is 1. The summed E-state index contributed by atoms with van der Waals surface area (Å²) < 4.78 is 25.6. The fourth-order valence-corrected chi connectivity index (χ4v) is 5.82. The molecule has 2 heterocycles. The second-order valence-electron chi connectivity index (χ2n) is 5.87. The number of thioether (sulfide) groups is 1. The number of unbranched alkanes of at least 4 members (excludes halogenated alkanes) is 1. The van der Waals surface area contributed by atoms with E-state index in [1.54, 1.807) is 13.8 Å². The van der Waals surface area contributed by atoms with Crippen molar-refractivity contribution in [2.45, 2.75) is 55.8 Å². The lowest BCUT2D eigenvalue weighted by Gasteiger charge is -2.43. The van der Waals surface area contributed by atoms with Crippen molar-refractivity contribution >= 4 is 33.7 Å². The summed E-state index contributed by atoms with van der Waals surface area (Å²) in [6.07, 6.45) is 1.28. The molecule has 0 bridgehead atoms. The zero-order valence-electron chi connectivity index (χ0n) is 12.2. The number of sulfonamides is 1. The van der Waals surface area contributed by atoms with Crippen LogP contribution in [0.15, 0.2) is 0 Å². The molecule has 1 amide bonds. The van der Waals surface area contributed by atoms with Crippen molar-refractivity contribution in [2.24, 2.45) is 0 Å². The number of carbonyl (C=O) groups excluding carboxylic acids is 1. The zero-order valence-corrected chi connectivity index (χ0v) is 13.8. The second kappa shape index (κ2) is 5.44. The number of carbonyl (C=O) groups is 2. The van der Waals surface area contributed by atoms with Crippen LogP contribution in [0.5, 0.6) is 0 Å². The van der Waals surface area contributed by atoms with Gasteiger partial charge in [0.2, 0.25) is 15.9 Å². The number of hydrogen-bond donors (Lipinski definition) is 2. The lowest BCUT2D eigenvalue weighted by atomic mass is 9.96. The van der Waals surface area contributed by atoms with Crippen LogP contribution in [-0.2, 0) is 19.6 Å². The molecule has 0 saturated carbocycles. The minimum absolute atomic E-state index is 0.0174. The molecule has 0 spiro atoms. The Morgan fingerprint density at radius 3 is 2.62 bits per heavy atom. The quantitative estimate of drug-likeness (QED) is 0.673. The summed E-state index contributed by atoms with van der Waals surface area (Å²) in [5, 5.41) is 8.84. The Hall–Kier alpha value is -0.800. The molecule has 21 heavy (non-hydrogen) atoms. The first-order valence-corrected chi connectivity index (χ1v) is 9.36. The van der Waals surface area contributed by atoms with Gasteiger partial charge < -0.3 is 10.0 Å². The average molecular weight is 336 g/mol. The number of nitrogens with one attached hydrogen (secondary N) is 1. The van der Waals surface area contributed by atoms with Crippen LogP contribution in [0.1, 0.15) is 33.6 Å². The molecule has 2 N–H and O–H groups in total. The molecule has 120 valence electrons. The van der Waals surface area contributed by atoms with Crippen molar-refractivity contribution in [3.63, 3.8) is 0 Å². The molecule has 0 aliphatic carbocycles. The number of carboxylic acid groups (broad SMARTS) is 1. The highest BCUT2D eigenvalue weighted by molar-refractivity contribution is 8.01. The van der Waals surface area contributed by atoms with Crippen molar-refractivity contribution in [1.82, 2.24) is 9.62 Å². The maximum absolute atomic E-state index is 12.1. The van der Waals surface area contributed by atoms with Crippen molar-refractivity contribution in [3.05, 3.63) is 0 Å². The molecule has 0 aromatic rings. The summed E-state index contributed by atoms with van der Waals surface area (Å²) in [4.78, 5) is 24.7. The topological polar surface area (TPSA) is 104 Å². The first-order valence-electron chi connectivity index (χ1n) is 6.83. The van der Waals surface area contributed by atoms with Crippen molar-refractivity contribution in [1.29, 1.82) is 0 Å². The van der Waals surface area contributed by atoms with Gasteiger partial charge in [0.15, 0.2) is 0 Å². The largest absolute Gasteiger partial charge is 0.480 e. The van der Waals surface area contributed by atoms with Gasteiger partial charge in [0.05, 0.1) is 5.75 Å². The van der Waals surface area contributed by atoms with Crippen LogP contribution in [-0.4, -0.2) is 58.3 Å². The third-order valence-corrected chi connectivity index (χ3v) is 6.76. The standard InChI is InChI=1S/C12H20N2O5S2/c1-4-5-6-21(18,19)13-7-9(15)14-8(11(16)17)12(2,3)20-10(7)14/h7-8,10,13H,4-6H2,1-3H3,(H,16,17). The molecule has 2 aliphatic heterocycles. The maximum Gasteiger partial charge on any atom is 0.327 e. The first kappa shape index (κ1) is 16.6. The third kappa shape index (κ3) is 2.91. The van der Waals surface area contributed by atoms with Crippen LogP contribution in [0.3, 0.4) is 0 Å². The molecule has 2 fully saturated rings. The second-order valence-corrected chi connectivity index (χ2v) is 9.51. The van der Waals surface area contributed by atoms with Gasteiger partial charge in [0.25, 0.3) is 0 Å². The Kier molecular flexibility index (Phi) is 4.29. The monoisotopic (exact) mass is 336 g/mol. The Balaban J connectivity index is 2.11. The van der Waals surface area contributed by atoms with Crippen molar-refractivity contribution in [2.75, 3.05) is 5.75 Å². The Morgan fingerprint density at radius 2 is 2.10 bits per heavy atom. The summed E-state index contributed by atoms with van der Waals surface area (Å²) in [7, 11) is -3.51. The van der Waals surface area contributed by atoms with E-state index in [-0.39, 0.29) is 5.75 Å². The van der Waals surface area contributed by atoms with E-state index in [0.29, 0.717) is 6.42 Å². The lowest BCUT2D eigenvalue weighted by molar-refractivity contribution is -0.159. The highest BCUT2D eigenvalue weighted by atomic mass is 32.2. The van der Waals surface area contributed by atoms with Gasteiger partial charge in [-0.15, -0.1) is 11.8 Å². The highest BCUT2D eigenvalue weighted by Gasteiger charge is 2.64. The van der Waals surface area contributed by atoms with Gasteiger partial charge in [-0.2, -0.15) is 4.72 Å². The third-order valence-electron chi connectivity index (χ3n) is 3.75. The first-order chi connectivity index (χ1) is 9.60. The summed E-state index contributed by atoms with van der Waals surface area (Å²) >= 11 is 1.33. The summed E-state index contributed by atoms with van der Waals surface area (Å²) in [5.74, 6) is -1.53. The van der Waals surface area contributed by atoms with Gasteiger partial charge in [0, 0.05) is 4.75 Å². The molecule has 3 atom stereocenters. The van der Waals surface area contributed by atoms with E-state index in [9.17, 15) is 23.1 Å².